The Morgan fingerprint density at radius 2 is 1.81 bits per heavy atom. The highest BCUT2D eigenvalue weighted by molar-refractivity contribution is 14.1. The topological polar surface area (TPSA) is 24.9 Å². The summed E-state index contributed by atoms with van der Waals surface area (Å²) in [6, 6.07) is 13.4. The van der Waals surface area contributed by atoms with Crippen molar-refractivity contribution < 1.29 is 0 Å². The molecule has 1 unspecified atom stereocenters. The van der Waals surface area contributed by atoms with E-state index in [0.717, 1.165) is 30.8 Å². The maximum Gasteiger partial charge on any atom is 0.0423 e. The predicted molar refractivity (Wildman–Crippen MR) is 97.6 cm³/mol. The van der Waals surface area contributed by atoms with E-state index in [0.29, 0.717) is 6.04 Å². The van der Waals surface area contributed by atoms with Crippen LogP contribution in [0.4, 0.5) is 0 Å². The number of benzene rings is 1. The van der Waals surface area contributed by atoms with Gasteiger partial charge in [-0.2, -0.15) is 0 Å². The smallest absolute Gasteiger partial charge is 0.0423 e. The summed E-state index contributed by atoms with van der Waals surface area (Å²) in [6.45, 7) is 7.39. The summed E-state index contributed by atoms with van der Waals surface area (Å²) >= 11 is 2.35. The van der Waals surface area contributed by atoms with E-state index in [2.05, 4.69) is 83.1 Å². The standard InChI is InChI=1S/C18H23IN2/c1-4-11-20-18(12-15-6-8-16(19)9-7-15)17-10-5-13(2)21-14(17)3/h5-10,18,20H,4,11-12H2,1-3H3. The van der Waals surface area contributed by atoms with E-state index in [-0.39, 0.29) is 0 Å². The minimum atomic E-state index is 0.332. The number of nitrogens with one attached hydrogen (secondary N) is 1. The quantitative estimate of drug-likeness (QED) is 0.726. The first-order chi connectivity index (χ1) is 10.1. The Balaban J connectivity index is 2.22. The lowest BCUT2D eigenvalue weighted by atomic mass is 9.97. The van der Waals surface area contributed by atoms with Gasteiger partial charge in [-0.05, 0) is 85.2 Å². The Morgan fingerprint density at radius 3 is 2.43 bits per heavy atom. The summed E-state index contributed by atoms with van der Waals surface area (Å²) in [5.74, 6) is 0. The number of pyridine rings is 1. The minimum absolute atomic E-state index is 0.332. The molecular weight excluding hydrogens is 371 g/mol. The Labute approximate surface area is 141 Å². The van der Waals surface area contributed by atoms with Crippen molar-refractivity contribution in [3.63, 3.8) is 0 Å². The van der Waals surface area contributed by atoms with E-state index >= 15 is 0 Å². The SMILES string of the molecule is CCCNC(Cc1ccc(I)cc1)c1ccc(C)nc1C. The molecule has 0 saturated heterocycles. The molecule has 1 atom stereocenters. The molecule has 1 N–H and O–H groups in total. The molecular formula is C18H23IN2. The number of nitrogens with zero attached hydrogens (tertiary/aromatic N) is 1. The second kappa shape index (κ2) is 7.90. The summed E-state index contributed by atoms with van der Waals surface area (Å²) in [4.78, 5) is 4.62. The van der Waals surface area contributed by atoms with Crippen LogP contribution in [0.15, 0.2) is 36.4 Å². The van der Waals surface area contributed by atoms with E-state index in [1.54, 1.807) is 0 Å². The molecule has 0 spiro atoms. The molecule has 0 aliphatic heterocycles. The lowest BCUT2D eigenvalue weighted by Crippen LogP contribution is -2.25. The van der Waals surface area contributed by atoms with Gasteiger partial charge in [0.25, 0.3) is 0 Å². The van der Waals surface area contributed by atoms with Crippen LogP contribution in [0.1, 0.15) is 41.9 Å². The largest absolute Gasteiger partial charge is 0.310 e. The van der Waals surface area contributed by atoms with Gasteiger partial charge in [-0.3, -0.25) is 4.98 Å². The van der Waals surface area contributed by atoms with Crippen molar-refractivity contribution in [2.75, 3.05) is 6.54 Å². The van der Waals surface area contributed by atoms with Crippen molar-refractivity contribution in [1.29, 1.82) is 0 Å². The highest BCUT2D eigenvalue weighted by atomic mass is 127. The van der Waals surface area contributed by atoms with Gasteiger partial charge in [0.15, 0.2) is 0 Å². The van der Waals surface area contributed by atoms with Crippen LogP contribution in [-0.4, -0.2) is 11.5 Å². The Morgan fingerprint density at radius 1 is 1.10 bits per heavy atom. The second-order valence-corrected chi connectivity index (χ2v) is 6.71. The molecule has 0 aliphatic rings. The summed E-state index contributed by atoms with van der Waals surface area (Å²) in [5.41, 5.74) is 4.89. The molecule has 1 heterocycles. The molecule has 0 fully saturated rings. The molecule has 1 aromatic carbocycles. The minimum Gasteiger partial charge on any atom is -0.310 e. The number of hydrogen-bond acceptors (Lipinski definition) is 2. The van der Waals surface area contributed by atoms with Crippen molar-refractivity contribution in [3.8, 4) is 0 Å². The molecule has 1 aromatic heterocycles. The van der Waals surface area contributed by atoms with Crippen molar-refractivity contribution in [1.82, 2.24) is 10.3 Å². The summed E-state index contributed by atoms with van der Waals surface area (Å²) in [7, 11) is 0. The zero-order valence-electron chi connectivity index (χ0n) is 13.0. The highest BCUT2D eigenvalue weighted by Gasteiger charge is 2.14. The first-order valence-electron chi connectivity index (χ1n) is 7.52. The molecule has 2 nitrogen and oxygen atoms in total. The zero-order chi connectivity index (χ0) is 15.2. The highest BCUT2D eigenvalue weighted by Crippen LogP contribution is 2.22. The zero-order valence-corrected chi connectivity index (χ0v) is 15.1. The van der Waals surface area contributed by atoms with Gasteiger partial charge in [0.05, 0.1) is 0 Å². The van der Waals surface area contributed by atoms with Crippen LogP contribution >= 0.6 is 22.6 Å². The van der Waals surface area contributed by atoms with Gasteiger partial charge in [0.2, 0.25) is 0 Å². The number of aryl methyl sites for hydroxylation is 2. The van der Waals surface area contributed by atoms with Crippen molar-refractivity contribution in [2.45, 2.75) is 39.7 Å². The van der Waals surface area contributed by atoms with E-state index in [4.69, 9.17) is 0 Å². The van der Waals surface area contributed by atoms with E-state index in [9.17, 15) is 0 Å². The van der Waals surface area contributed by atoms with Crippen molar-refractivity contribution in [2.24, 2.45) is 0 Å². The molecule has 0 amide bonds. The Hall–Kier alpha value is -0.940. The maximum atomic E-state index is 4.62. The third kappa shape index (κ3) is 4.78. The number of rotatable bonds is 6. The third-order valence-electron chi connectivity index (χ3n) is 3.64. The first kappa shape index (κ1) is 16.4. The molecule has 0 saturated carbocycles. The normalized spacial score (nSPS) is 12.4. The van der Waals surface area contributed by atoms with Crippen molar-refractivity contribution in [3.05, 3.63) is 62.5 Å². The van der Waals surface area contributed by atoms with Gasteiger partial charge in [0, 0.05) is 21.0 Å². The van der Waals surface area contributed by atoms with E-state index in [1.807, 2.05) is 6.92 Å². The molecule has 0 bridgehead atoms. The fourth-order valence-corrected chi connectivity index (χ4v) is 2.89. The summed E-state index contributed by atoms with van der Waals surface area (Å²) in [5, 5.41) is 3.67. The lowest BCUT2D eigenvalue weighted by molar-refractivity contribution is 0.525. The number of halogens is 1. The molecule has 21 heavy (non-hydrogen) atoms. The summed E-state index contributed by atoms with van der Waals surface area (Å²) < 4.78 is 1.28. The predicted octanol–water partition coefficient (Wildman–Crippen LogP) is 4.59. The van der Waals surface area contributed by atoms with Crippen LogP contribution in [0.2, 0.25) is 0 Å². The molecule has 112 valence electrons. The van der Waals surface area contributed by atoms with Crippen LogP contribution in [0.5, 0.6) is 0 Å². The fraction of sp³-hybridized carbons (Fsp3) is 0.389. The lowest BCUT2D eigenvalue weighted by Gasteiger charge is -2.21. The van der Waals surface area contributed by atoms with Gasteiger partial charge >= 0.3 is 0 Å². The van der Waals surface area contributed by atoms with Gasteiger partial charge in [-0.15, -0.1) is 0 Å². The number of hydrogen-bond donors (Lipinski definition) is 1. The van der Waals surface area contributed by atoms with Crippen LogP contribution in [0.25, 0.3) is 0 Å². The fourth-order valence-electron chi connectivity index (χ4n) is 2.53. The summed E-state index contributed by atoms with van der Waals surface area (Å²) in [6.07, 6.45) is 2.14. The van der Waals surface area contributed by atoms with Gasteiger partial charge in [-0.25, -0.2) is 0 Å². The van der Waals surface area contributed by atoms with Gasteiger partial charge in [-0.1, -0.05) is 25.1 Å². The number of aromatic nitrogens is 1. The molecule has 0 radical (unpaired) electrons. The van der Waals surface area contributed by atoms with Gasteiger partial charge < -0.3 is 5.32 Å². The monoisotopic (exact) mass is 394 g/mol. The maximum absolute atomic E-state index is 4.62. The first-order valence-corrected chi connectivity index (χ1v) is 8.60. The molecule has 0 aliphatic carbocycles. The molecule has 2 aromatic rings. The molecule has 2 rings (SSSR count). The average molecular weight is 394 g/mol. The van der Waals surface area contributed by atoms with Crippen LogP contribution in [0.3, 0.4) is 0 Å². The van der Waals surface area contributed by atoms with Crippen molar-refractivity contribution >= 4 is 22.6 Å². The second-order valence-electron chi connectivity index (χ2n) is 5.46. The van der Waals surface area contributed by atoms with Crippen LogP contribution < -0.4 is 5.32 Å². The van der Waals surface area contributed by atoms with E-state index < -0.39 is 0 Å². The van der Waals surface area contributed by atoms with Crippen LogP contribution in [0, 0.1) is 17.4 Å². The molecule has 3 heteroatoms. The average Bonchev–Trinajstić information content (AvgIpc) is 2.46. The Kier molecular flexibility index (Phi) is 6.18. The van der Waals surface area contributed by atoms with Crippen LogP contribution in [-0.2, 0) is 6.42 Å². The third-order valence-corrected chi connectivity index (χ3v) is 4.35. The van der Waals surface area contributed by atoms with Gasteiger partial charge in [0.1, 0.15) is 0 Å². The van der Waals surface area contributed by atoms with E-state index in [1.165, 1.54) is 14.7 Å². The Bertz CT molecular complexity index is 578.